The Hall–Kier alpha value is -2.80. The summed E-state index contributed by atoms with van der Waals surface area (Å²) in [5, 5.41) is 13.2. The minimum Gasteiger partial charge on any atom is -0.391 e. The lowest BCUT2D eigenvalue weighted by atomic mass is 9.98. The standard InChI is InChI=1S/C26H34F2N2O3.C2H6/c1-5-8-30(9-6-2)26(33)20-11-17(4)10-19(15-20)25(32)29-23(24(31)7-3)14-18-12-21(27)16-22(28)13-18;1-2/h10-13,15-16,23-24,31H,5-9,14H2,1-4H3,(H,29,32);1-2H3. The quantitative estimate of drug-likeness (QED) is 0.426. The lowest BCUT2D eigenvalue weighted by Crippen LogP contribution is -2.44. The van der Waals surface area contributed by atoms with E-state index in [1.54, 1.807) is 30.0 Å². The minimum absolute atomic E-state index is 0.0633. The minimum atomic E-state index is -0.907. The summed E-state index contributed by atoms with van der Waals surface area (Å²) >= 11 is 0. The van der Waals surface area contributed by atoms with Gasteiger partial charge in [-0.3, -0.25) is 9.59 Å². The van der Waals surface area contributed by atoms with Gasteiger partial charge in [0.05, 0.1) is 12.1 Å². The van der Waals surface area contributed by atoms with E-state index >= 15 is 0 Å². The van der Waals surface area contributed by atoms with E-state index in [1.165, 1.54) is 12.1 Å². The fraction of sp³-hybridized carbons (Fsp3) is 0.500. The first-order chi connectivity index (χ1) is 16.7. The average molecular weight is 491 g/mol. The van der Waals surface area contributed by atoms with Crippen molar-refractivity contribution in [3.05, 3.63) is 70.3 Å². The summed E-state index contributed by atoms with van der Waals surface area (Å²) in [5.74, 6) is -2.02. The molecule has 2 unspecified atom stereocenters. The van der Waals surface area contributed by atoms with Gasteiger partial charge in [-0.2, -0.15) is 0 Å². The number of nitrogens with zero attached hydrogens (tertiary/aromatic N) is 1. The van der Waals surface area contributed by atoms with Crippen LogP contribution in [0, 0.1) is 18.6 Å². The van der Waals surface area contributed by atoms with E-state index in [9.17, 15) is 23.5 Å². The van der Waals surface area contributed by atoms with E-state index in [0.717, 1.165) is 24.5 Å². The number of carbonyl (C=O) groups is 2. The first-order valence-electron chi connectivity index (χ1n) is 12.5. The smallest absolute Gasteiger partial charge is 0.253 e. The zero-order valence-corrected chi connectivity index (χ0v) is 21.8. The predicted molar refractivity (Wildman–Crippen MR) is 137 cm³/mol. The van der Waals surface area contributed by atoms with Crippen LogP contribution in [0.4, 0.5) is 8.78 Å². The van der Waals surface area contributed by atoms with Crippen LogP contribution in [0.15, 0.2) is 36.4 Å². The molecule has 0 aliphatic heterocycles. The molecule has 7 heteroatoms. The van der Waals surface area contributed by atoms with Gasteiger partial charge in [-0.25, -0.2) is 8.78 Å². The second-order valence-electron chi connectivity index (χ2n) is 8.42. The highest BCUT2D eigenvalue weighted by Crippen LogP contribution is 2.16. The van der Waals surface area contributed by atoms with Gasteiger partial charge in [0.2, 0.25) is 0 Å². The molecule has 0 saturated carbocycles. The number of nitrogens with one attached hydrogen (secondary N) is 1. The van der Waals surface area contributed by atoms with Crippen molar-refractivity contribution in [2.45, 2.75) is 79.4 Å². The molecule has 2 amide bonds. The van der Waals surface area contributed by atoms with Gasteiger partial charge in [0, 0.05) is 30.3 Å². The number of carbonyl (C=O) groups excluding carboxylic acids is 2. The number of hydrogen-bond acceptors (Lipinski definition) is 3. The van der Waals surface area contributed by atoms with Gasteiger partial charge in [-0.05, 0) is 74.1 Å². The van der Waals surface area contributed by atoms with Crippen molar-refractivity contribution < 1.29 is 23.5 Å². The topological polar surface area (TPSA) is 69.6 Å². The molecule has 2 aromatic rings. The Kier molecular flexibility index (Phi) is 13.2. The van der Waals surface area contributed by atoms with Crippen LogP contribution in [0.2, 0.25) is 0 Å². The summed E-state index contributed by atoms with van der Waals surface area (Å²) in [7, 11) is 0. The number of aliphatic hydroxyl groups excluding tert-OH is 1. The van der Waals surface area contributed by atoms with Crippen LogP contribution >= 0.6 is 0 Å². The molecule has 2 atom stereocenters. The second-order valence-corrected chi connectivity index (χ2v) is 8.42. The third-order valence-electron chi connectivity index (χ3n) is 5.44. The highest BCUT2D eigenvalue weighted by atomic mass is 19.1. The number of aryl methyl sites for hydroxylation is 1. The molecule has 2 aromatic carbocycles. The number of aliphatic hydroxyl groups is 1. The van der Waals surface area contributed by atoms with Crippen molar-refractivity contribution in [2.75, 3.05) is 13.1 Å². The second kappa shape index (κ2) is 15.2. The summed E-state index contributed by atoms with van der Waals surface area (Å²) < 4.78 is 27.2. The molecule has 0 heterocycles. The Morgan fingerprint density at radius 1 is 0.914 bits per heavy atom. The fourth-order valence-corrected chi connectivity index (χ4v) is 3.88. The van der Waals surface area contributed by atoms with Gasteiger partial charge in [0.15, 0.2) is 0 Å². The lowest BCUT2D eigenvalue weighted by Gasteiger charge is -2.24. The van der Waals surface area contributed by atoms with E-state index in [4.69, 9.17) is 0 Å². The predicted octanol–water partition coefficient (Wildman–Crippen LogP) is 5.67. The largest absolute Gasteiger partial charge is 0.391 e. The molecule has 2 N–H and O–H groups in total. The van der Waals surface area contributed by atoms with Crippen LogP contribution in [0.1, 0.15) is 85.7 Å². The fourth-order valence-electron chi connectivity index (χ4n) is 3.88. The molecule has 0 aliphatic rings. The third-order valence-corrected chi connectivity index (χ3v) is 5.44. The van der Waals surface area contributed by atoms with Crippen LogP contribution in [-0.2, 0) is 6.42 Å². The van der Waals surface area contributed by atoms with Crippen molar-refractivity contribution in [1.82, 2.24) is 10.2 Å². The zero-order valence-electron chi connectivity index (χ0n) is 21.8. The molecule has 0 saturated heterocycles. The van der Waals surface area contributed by atoms with Gasteiger partial charge in [-0.1, -0.05) is 34.6 Å². The molecule has 0 spiro atoms. The van der Waals surface area contributed by atoms with Crippen LogP contribution in [0.25, 0.3) is 0 Å². The first-order valence-corrected chi connectivity index (χ1v) is 12.5. The molecule has 0 fully saturated rings. The van der Waals surface area contributed by atoms with Crippen molar-refractivity contribution in [3.8, 4) is 0 Å². The van der Waals surface area contributed by atoms with E-state index < -0.39 is 29.7 Å². The molecule has 0 radical (unpaired) electrons. The van der Waals surface area contributed by atoms with Gasteiger partial charge in [0.1, 0.15) is 11.6 Å². The Balaban J connectivity index is 0.00000298. The molecule has 35 heavy (non-hydrogen) atoms. The van der Waals surface area contributed by atoms with E-state index in [2.05, 4.69) is 5.32 Å². The summed E-state index contributed by atoms with van der Waals surface area (Å²) in [6, 6.07) is 7.38. The maximum absolute atomic E-state index is 13.6. The van der Waals surface area contributed by atoms with Crippen LogP contribution < -0.4 is 5.32 Å². The Labute approximate surface area is 208 Å². The Morgan fingerprint density at radius 2 is 1.46 bits per heavy atom. The lowest BCUT2D eigenvalue weighted by molar-refractivity contribution is 0.0755. The highest BCUT2D eigenvalue weighted by Gasteiger charge is 2.23. The van der Waals surface area contributed by atoms with Crippen LogP contribution in [0.5, 0.6) is 0 Å². The Morgan fingerprint density at radius 3 is 1.97 bits per heavy atom. The van der Waals surface area contributed by atoms with Crippen molar-refractivity contribution in [1.29, 1.82) is 0 Å². The molecular formula is C28H40F2N2O3. The van der Waals surface area contributed by atoms with Crippen LogP contribution in [0.3, 0.4) is 0 Å². The van der Waals surface area contributed by atoms with Crippen molar-refractivity contribution in [3.63, 3.8) is 0 Å². The van der Waals surface area contributed by atoms with E-state index in [1.807, 2.05) is 34.6 Å². The molecule has 2 rings (SSSR count). The highest BCUT2D eigenvalue weighted by molar-refractivity contribution is 6.00. The molecule has 5 nitrogen and oxygen atoms in total. The van der Waals surface area contributed by atoms with Gasteiger partial charge in [-0.15, -0.1) is 0 Å². The molecule has 0 aromatic heterocycles. The number of amides is 2. The summed E-state index contributed by atoms with van der Waals surface area (Å²) in [5.41, 5.74) is 1.82. The zero-order chi connectivity index (χ0) is 26.5. The number of benzene rings is 2. The Bertz CT molecular complexity index is 939. The maximum Gasteiger partial charge on any atom is 0.253 e. The van der Waals surface area contributed by atoms with Gasteiger partial charge in [0.25, 0.3) is 11.8 Å². The molecular weight excluding hydrogens is 450 g/mol. The van der Waals surface area contributed by atoms with Gasteiger partial charge < -0.3 is 15.3 Å². The van der Waals surface area contributed by atoms with Crippen molar-refractivity contribution >= 4 is 11.8 Å². The molecule has 0 aliphatic carbocycles. The number of halogens is 2. The monoisotopic (exact) mass is 490 g/mol. The van der Waals surface area contributed by atoms with Crippen LogP contribution in [-0.4, -0.2) is 47.1 Å². The number of rotatable bonds is 11. The maximum atomic E-state index is 13.6. The normalized spacial score (nSPS) is 12.3. The van der Waals surface area contributed by atoms with Gasteiger partial charge >= 0.3 is 0 Å². The number of hydrogen-bond donors (Lipinski definition) is 2. The first kappa shape index (κ1) is 30.2. The van der Waals surface area contributed by atoms with Crippen molar-refractivity contribution in [2.24, 2.45) is 0 Å². The summed E-state index contributed by atoms with van der Waals surface area (Å²) in [4.78, 5) is 27.8. The van der Waals surface area contributed by atoms with E-state index in [0.29, 0.717) is 36.2 Å². The third kappa shape index (κ3) is 9.40. The summed E-state index contributed by atoms with van der Waals surface area (Å²) in [6.45, 7) is 12.9. The van der Waals surface area contributed by atoms with E-state index in [-0.39, 0.29) is 12.3 Å². The average Bonchev–Trinajstić information content (AvgIpc) is 2.82. The summed E-state index contributed by atoms with van der Waals surface area (Å²) in [6.07, 6.45) is 1.18. The molecule has 194 valence electrons. The SMILES string of the molecule is CC.CCCN(CCC)C(=O)c1cc(C)cc(C(=O)NC(Cc2cc(F)cc(F)c2)C(O)CC)c1. The molecule has 0 bridgehead atoms.